The van der Waals surface area contributed by atoms with Crippen LogP contribution in [0.4, 0.5) is 0 Å². The van der Waals surface area contributed by atoms with Crippen molar-refractivity contribution in [1.29, 1.82) is 0 Å². The van der Waals surface area contributed by atoms with Gasteiger partial charge in [-0.3, -0.25) is 4.79 Å². The average molecular weight is 355 g/mol. The molecule has 0 saturated carbocycles. The van der Waals surface area contributed by atoms with E-state index in [1.54, 1.807) is 0 Å². The molecule has 0 saturated heterocycles. The number of rotatable bonds is 18. The number of hydrogen-bond donors (Lipinski definition) is 1. The van der Waals surface area contributed by atoms with Crippen molar-refractivity contribution in [2.45, 2.75) is 122 Å². The second-order valence-corrected chi connectivity index (χ2v) is 6.80. The predicted octanol–water partition coefficient (Wildman–Crippen LogP) is 6.20. The summed E-state index contributed by atoms with van der Waals surface area (Å²) in [5.41, 5.74) is 0. The summed E-state index contributed by atoms with van der Waals surface area (Å²) in [5.74, 6) is -0.652. The number of carbonyl (C=O) groups is 1. The Kier molecular flexibility index (Phi) is 25.7. The fourth-order valence-corrected chi connectivity index (χ4v) is 3.00. The number of carboxylic acids is 1. The topological polar surface area (TPSA) is 37.3 Å². The van der Waals surface area contributed by atoms with Crippen LogP contribution in [0.1, 0.15) is 122 Å². The van der Waals surface area contributed by atoms with Crippen molar-refractivity contribution in [3.05, 3.63) is 0 Å². The van der Waals surface area contributed by atoms with Crippen molar-refractivity contribution in [2.75, 3.05) is 0 Å². The predicted molar refractivity (Wildman–Crippen MR) is 105 cm³/mol. The first kappa shape index (κ1) is 26.0. The van der Waals surface area contributed by atoms with Crippen LogP contribution in [0, 0.1) is 0 Å². The van der Waals surface area contributed by atoms with E-state index >= 15 is 0 Å². The van der Waals surface area contributed by atoms with E-state index in [1.165, 1.54) is 96.3 Å². The van der Waals surface area contributed by atoms with Gasteiger partial charge >= 0.3 is 43.7 Å². The van der Waals surface area contributed by atoms with Crippen molar-refractivity contribution < 1.29 is 9.90 Å². The normalized spacial score (nSPS) is 10.5. The third kappa shape index (κ3) is 25.1. The van der Waals surface area contributed by atoms with Crippen LogP contribution >= 0.6 is 0 Å². The molecule has 3 heteroatoms. The molecule has 0 bridgehead atoms. The summed E-state index contributed by atoms with van der Waals surface area (Å²) in [6.45, 7) is 2.28. The SMILES string of the molecule is CCCCCCCCCCCCCCCCCCCC(=O)O.[CaH2]. The molecule has 0 fully saturated rings. The van der Waals surface area contributed by atoms with E-state index in [2.05, 4.69) is 6.92 Å². The second-order valence-electron chi connectivity index (χ2n) is 6.80. The van der Waals surface area contributed by atoms with Crippen molar-refractivity contribution in [1.82, 2.24) is 0 Å². The molecular formula is C20H42CaO2. The number of aliphatic carboxylic acids is 1. The standard InChI is InChI=1S/C20H40O2.Ca.2H/c1-2-3-4-5-6-7-8-9-10-11-12-13-14-15-16-17-18-19-20(21)22;;;/h2-19H2,1H3,(H,21,22);;;. The van der Waals surface area contributed by atoms with Crippen LogP contribution in [0.5, 0.6) is 0 Å². The summed E-state index contributed by atoms with van der Waals surface area (Å²) < 4.78 is 0. The van der Waals surface area contributed by atoms with Gasteiger partial charge in [0.1, 0.15) is 0 Å². The van der Waals surface area contributed by atoms with Gasteiger partial charge in [-0.15, -0.1) is 0 Å². The molecule has 0 unspecified atom stereocenters. The van der Waals surface area contributed by atoms with Gasteiger partial charge in [-0.05, 0) is 6.42 Å². The maximum atomic E-state index is 10.4. The van der Waals surface area contributed by atoms with Gasteiger partial charge in [0.2, 0.25) is 0 Å². The molecule has 0 spiro atoms. The van der Waals surface area contributed by atoms with Gasteiger partial charge in [0.15, 0.2) is 0 Å². The molecule has 0 aromatic rings. The molecule has 0 aliphatic heterocycles. The van der Waals surface area contributed by atoms with Gasteiger partial charge < -0.3 is 5.11 Å². The molecular weight excluding hydrogens is 312 g/mol. The Morgan fingerprint density at radius 1 is 0.565 bits per heavy atom. The van der Waals surface area contributed by atoms with Crippen molar-refractivity contribution in [2.24, 2.45) is 0 Å². The zero-order valence-corrected chi connectivity index (χ0v) is 15.1. The van der Waals surface area contributed by atoms with Gasteiger partial charge in [0.25, 0.3) is 0 Å². The summed E-state index contributed by atoms with van der Waals surface area (Å²) in [7, 11) is 0. The van der Waals surface area contributed by atoms with Crippen LogP contribution in [-0.4, -0.2) is 48.8 Å². The number of carboxylic acid groups (broad SMARTS) is 1. The molecule has 0 aromatic carbocycles. The van der Waals surface area contributed by atoms with Crippen LogP contribution < -0.4 is 0 Å². The van der Waals surface area contributed by atoms with Crippen LogP contribution in [0.25, 0.3) is 0 Å². The van der Waals surface area contributed by atoms with E-state index in [9.17, 15) is 4.79 Å². The molecule has 1 N–H and O–H groups in total. The first-order valence-electron chi connectivity index (χ1n) is 9.99. The third-order valence-corrected chi connectivity index (χ3v) is 4.49. The Bertz CT molecular complexity index is 232. The van der Waals surface area contributed by atoms with Gasteiger partial charge in [0, 0.05) is 6.42 Å². The Hall–Kier alpha value is 0.730. The average Bonchev–Trinajstić information content (AvgIpc) is 2.50. The molecule has 0 aromatic heterocycles. The first-order valence-corrected chi connectivity index (χ1v) is 9.99. The minimum atomic E-state index is -0.652. The monoisotopic (exact) mass is 354 g/mol. The van der Waals surface area contributed by atoms with Crippen molar-refractivity contribution >= 4 is 43.7 Å². The van der Waals surface area contributed by atoms with Crippen LogP contribution in [0.3, 0.4) is 0 Å². The Morgan fingerprint density at radius 2 is 0.826 bits per heavy atom. The summed E-state index contributed by atoms with van der Waals surface area (Å²) in [5, 5.41) is 8.54. The van der Waals surface area contributed by atoms with Gasteiger partial charge in [-0.1, -0.05) is 110 Å². The Balaban J connectivity index is 0. The summed E-state index contributed by atoms with van der Waals surface area (Å²) in [6, 6.07) is 0. The number of unbranched alkanes of at least 4 members (excludes halogenated alkanes) is 16. The molecule has 0 radical (unpaired) electrons. The summed E-state index contributed by atoms with van der Waals surface area (Å²) in [6.07, 6.45) is 23.1. The molecule has 23 heavy (non-hydrogen) atoms. The fraction of sp³-hybridized carbons (Fsp3) is 0.950. The van der Waals surface area contributed by atoms with Crippen molar-refractivity contribution in [3.8, 4) is 0 Å². The van der Waals surface area contributed by atoms with Gasteiger partial charge in [-0.2, -0.15) is 0 Å². The van der Waals surface area contributed by atoms with Crippen LogP contribution in [-0.2, 0) is 4.79 Å². The van der Waals surface area contributed by atoms with E-state index in [0.717, 1.165) is 12.8 Å². The molecule has 2 nitrogen and oxygen atoms in total. The zero-order chi connectivity index (χ0) is 16.3. The molecule has 0 aliphatic rings. The minimum absolute atomic E-state index is 0. The molecule has 0 amide bonds. The van der Waals surface area contributed by atoms with E-state index in [-0.39, 0.29) is 37.7 Å². The van der Waals surface area contributed by atoms with E-state index < -0.39 is 5.97 Å². The fourth-order valence-electron chi connectivity index (χ4n) is 3.00. The first-order chi connectivity index (χ1) is 10.8. The maximum absolute atomic E-state index is 10.4. The third-order valence-electron chi connectivity index (χ3n) is 4.49. The molecule has 136 valence electrons. The van der Waals surface area contributed by atoms with Gasteiger partial charge in [0.05, 0.1) is 0 Å². The molecule has 0 heterocycles. The van der Waals surface area contributed by atoms with Crippen molar-refractivity contribution in [3.63, 3.8) is 0 Å². The van der Waals surface area contributed by atoms with E-state index in [4.69, 9.17) is 5.11 Å². The summed E-state index contributed by atoms with van der Waals surface area (Å²) in [4.78, 5) is 10.4. The zero-order valence-electron chi connectivity index (χ0n) is 15.1. The molecule has 0 rings (SSSR count). The Labute approximate surface area is 175 Å². The number of hydrogen-bond acceptors (Lipinski definition) is 1. The van der Waals surface area contributed by atoms with Gasteiger partial charge in [-0.25, -0.2) is 0 Å². The second kappa shape index (κ2) is 22.7. The van der Waals surface area contributed by atoms with E-state index in [1.807, 2.05) is 0 Å². The quantitative estimate of drug-likeness (QED) is 0.235. The van der Waals surface area contributed by atoms with Crippen LogP contribution in [0.15, 0.2) is 0 Å². The van der Waals surface area contributed by atoms with Crippen LogP contribution in [0.2, 0.25) is 0 Å². The Morgan fingerprint density at radius 3 is 1.09 bits per heavy atom. The molecule has 0 aliphatic carbocycles. The molecule has 0 atom stereocenters. The van der Waals surface area contributed by atoms with E-state index in [0.29, 0.717) is 6.42 Å². The summed E-state index contributed by atoms with van der Waals surface area (Å²) >= 11 is 0.